The van der Waals surface area contributed by atoms with Crippen LogP contribution in [0, 0.1) is 0 Å². The second-order valence-electron chi connectivity index (χ2n) is 4.23. The Morgan fingerprint density at radius 1 is 1.26 bits per heavy atom. The molecule has 0 aliphatic carbocycles. The van der Waals surface area contributed by atoms with Gasteiger partial charge in [0.1, 0.15) is 0 Å². The molecule has 1 aromatic carbocycles. The third-order valence-electron chi connectivity index (χ3n) is 2.86. The van der Waals surface area contributed by atoms with E-state index in [1.807, 2.05) is 0 Å². The first-order valence-electron chi connectivity index (χ1n) is 6.27. The van der Waals surface area contributed by atoms with Gasteiger partial charge in [-0.25, -0.2) is 17.6 Å². The number of nitrogens with zero attached hydrogens (tertiary/aromatic N) is 2. The molecule has 1 aromatic heterocycles. The zero-order valence-corrected chi connectivity index (χ0v) is 12.6. The fraction of sp³-hybridized carbons (Fsp3) is 0.462. The minimum absolute atomic E-state index is 0. The van der Waals surface area contributed by atoms with E-state index >= 15 is 0 Å². The predicted octanol–water partition coefficient (Wildman–Crippen LogP) is 2.63. The molecule has 0 saturated carbocycles. The van der Waals surface area contributed by atoms with Crippen molar-refractivity contribution >= 4 is 21.4 Å². The van der Waals surface area contributed by atoms with Crippen LogP contribution in [0.15, 0.2) is 24.3 Å². The molecule has 132 valence electrons. The lowest BCUT2D eigenvalue weighted by atomic mass is 10.3. The van der Waals surface area contributed by atoms with Gasteiger partial charge in [0, 0.05) is 0 Å². The Balaban J connectivity index is 0.000000709. The van der Waals surface area contributed by atoms with Crippen molar-refractivity contribution in [2.24, 2.45) is 0 Å². The van der Waals surface area contributed by atoms with Gasteiger partial charge in [-0.3, -0.25) is 4.55 Å². The second kappa shape index (κ2) is 7.75. The summed E-state index contributed by atoms with van der Waals surface area (Å²) in [6.45, 7) is 4.06. The SMILES string of the molecule is C.CCn1c(C(F)(F)F)[n+](CC)c2ccccc21.O=S(=O)([O-])O. The molecule has 23 heavy (non-hydrogen) atoms. The Morgan fingerprint density at radius 3 is 2.13 bits per heavy atom. The summed E-state index contributed by atoms with van der Waals surface area (Å²) in [5, 5.41) is 0. The van der Waals surface area contributed by atoms with Crippen LogP contribution in [0.25, 0.3) is 11.0 Å². The molecular formula is C13H19F3N2O4S. The molecule has 10 heteroatoms. The number of hydrogen-bond acceptors (Lipinski definition) is 3. The van der Waals surface area contributed by atoms with Gasteiger partial charge in [0.15, 0.2) is 11.0 Å². The number of imidazole rings is 1. The molecule has 0 aliphatic rings. The van der Waals surface area contributed by atoms with Crippen molar-refractivity contribution in [3.05, 3.63) is 30.1 Å². The first-order chi connectivity index (χ1) is 10.0. The summed E-state index contributed by atoms with van der Waals surface area (Å²) >= 11 is 0. The number of alkyl halides is 3. The average Bonchev–Trinajstić information content (AvgIpc) is 2.70. The Morgan fingerprint density at radius 2 is 1.74 bits per heavy atom. The van der Waals surface area contributed by atoms with E-state index in [0.29, 0.717) is 24.1 Å². The maximum atomic E-state index is 13.1. The zero-order chi connectivity index (χ0) is 17.1. The first kappa shape index (κ1) is 21.4. The number of aryl methyl sites for hydroxylation is 2. The van der Waals surface area contributed by atoms with Crippen LogP contribution in [0.5, 0.6) is 0 Å². The quantitative estimate of drug-likeness (QED) is 0.509. The number of para-hydroxylation sites is 2. The van der Waals surface area contributed by atoms with E-state index in [0.717, 1.165) is 0 Å². The Labute approximate surface area is 132 Å². The largest absolute Gasteiger partial charge is 0.726 e. The highest BCUT2D eigenvalue weighted by Gasteiger charge is 2.46. The third-order valence-corrected chi connectivity index (χ3v) is 2.86. The molecular weight excluding hydrogens is 337 g/mol. The zero-order valence-electron chi connectivity index (χ0n) is 11.8. The molecule has 1 N–H and O–H groups in total. The van der Waals surface area contributed by atoms with Crippen LogP contribution >= 0.6 is 0 Å². The summed E-state index contributed by atoms with van der Waals surface area (Å²) in [6, 6.07) is 6.96. The van der Waals surface area contributed by atoms with E-state index < -0.39 is 22.4 Å². The number of hydrogen-bond donors (Lipinski definition) is 1. The lowest BCUT2D eigenvalue weighted by Crippen LogP contribution is -2.41. The molecule has 6 nitrogen and oxygen atoms in total. The number of fused-ring (bicyclic) bond motifs is 1. The van der Waals surface area contributed by atoms with Crippen molar-refractivity contribution in [1.82, 2.24) is 4.57 Å². The van der Waals surface area contributed by atoms with Crippen LogP contribution in [-0.2, 0) is 29.7 Å². The second-order valence-corrected chi connectivity index (χ2v) is 5.08. The van der Waals surface area contributed by atoms with Gasteiger partial charge < -0.3 is 4.55 Å². The van der Waals surface area contributed by atoms with Crippen LogP contribution in [0.2, 0.25) is 0 Å². The average molecular weight is 356 g/mol. The number of aromatic nitrogens is 2. The molecule has 0 spiro atoms. The lowest BCUT2D eigenvalue weighted by molar-refractivity contribution is -0.688. The first-order valence-corrected chi connectivity index (χ1v) is 7.63. The molecule has 0 amide bonds. The molecule has 0 aliphatic heterocycles. The molecule has 2 aromatic rings. The van der Waals surface area contributed by atoms with Crippen molar-refractivity contribution < 1.29 is 35.3 Å². The minimum atomic E-state index is -4.92. The third kappa shape index (κ3) is 5.48. The van der Waals surface area contributed by atoms with Gasteiger partial charge >= 0.3 is 12.0 Å². The van der Waals surface area contributed by atoms with Crippen molar-refractivity contribution in [3.63, 3.8) is 0 Å². The van der Waals surface area contributed by atoms with Crippen LogP contribution in [-0.4, -0.2) is 22.1 Å². The van der Waals surface area contributed by atoms with Gasteiger partial charge in [-0.2, -0.15) is 13.2 Å². The smallest absolute Gasteiger partial charge is 0.495 e. The van der Waals surface area contributed by atoms with Gasteiger partial charge in [0.2, 0.25) is 10.4 Å². The van der Waals surface area contributed by atoms with Crippen LogP contribution in [0.3, 0.4) is 0 Å². The summed E-state index contributed by atoms with van der Waals surface area (Å²) in [7, 11) is -4.92. The molecule has 1 heterocycles. The number of halogens is 3. The predicted molar refractivity (Wildman–Crippen MR) is 77.5 cm³/mol. The van der Waals surface area contributed by atoms with E-state index in [9.17, 15) is 13.2 Å². The van der Waals surface area contributed by atoms with E-state index in [-0.39, 0.29) is 7.43 Å². The summed E-state index contributed by atoms with van der Waals surface area (Å²) in [5.74, 6) is -0.580. The van der Waals surface area contributed by atoms with Crippen molar-refractivity contribution in [2.45, 2.75) is 40.5 Å². The summed E-state index contributed by atoms with van der Waals surface area (Å²) < 4.78 is 74.7. The number of rotatable bonds is 2. The highest BCUT2D eigenvalue weighted by atomic mass is 32.3. The molecule has 0 unspecified atom stereocenters. The maximum Gasteiger partial charge on any atom is 0.495 e. The fourth-order valence-corrected chi connectivity index (χ4v) is 2.24. The summed E-state index contributed by atoms with van der Waals surface area (Å²) in [4.78, 5) is 0. The van der Waals surface area contributed by atoms with Crippen LogP contribution < -0.4 is 4.57 Å². The molecule has 0 bridgehead atoms. The molecule has 0 saturated heterocycles. The van der Waals surface area contributed by atoms with Gasteiger partial charge in [-0.15, -0.1) is 0 Å². The van der Waals surface area contributed by atoms with Crippen molar-refractivity contribution in [3.8, 4) is 0 Å². The van der Waals surface area contributed by atoms with E-state index in [4.69, 9.17) is 17.5 Å². The van der Waals surface area contributed by atoms with Gasteiger partial charge in [-0.1, -0.05) is 19.6 Å². The van der Waals surface area contributed by atoms with Gasteiger partial charge in [0.05, 0.1) is 13.1 Å². The highest BCUT2D eigenvalue weighted by molar-refractivity contribution is 7.79. The van der Waals surface area contributed by atoms with Crippen molar-refractivity contribution in [2.75, 3.05) is 0 Å². The Hall–Kier alpha value is -1.65. The summed E-state index contributed by atoms with van der Waals surface area (Å²) in [6.07, 6.45) is -4.33. The number of benzene rings is 1. The molecule has 0 atom stereocenters. The molecule has 0 fully saturated rings. The standard InChI is InChI=1S/C12H14F3N2.CH4.H2O4S/c1-3-16-9-7-5-6-8-10(9)17(4-2)11(16)12(13,14)15;;1-5(2,3)4/h5-8H,3-4H2,1-2H3;1H4;(H2,1,2,3,4)/q+1;;/p-1. The van der Waals surface area contributed by atoms with E-state index in [1.54, 1.807) is 38.1 Å². The highest BCUT2D eigenvalue weighted by Crippen LogP contribution is 2.30. The monoisotopic (exact) mass is 356 g/mol. The fourth-order valence-electron chi connectivity index (χ4n) is 2.24. The Kier molecular flexibility index (Phi) is 7.20. The van der Waals surface area contributed by atoms with E-state index in [2.05, 4.69) is 0 Å². The topological polar surface area (TPSA) is 86.2 Å². The van der Waals surface area contributed by atoms with E-state index in [1.165, 1.54) is 9.13 Å². The lowest BCUT2D eigenvalue weighted by Gasteiger charge is -2.05. The summed E-state index contributed by atoms with van der Waals surface area (Å²) in [5.41, 5.74) is 1.26. The van der Waals surface area contributed by atoms with Gasteiger partial charge in [-0.05, 0) is 26.0 Å². The molecule has 2 rings (SSSR count). The Bertz CT molecular complexity index is 705. The maximum absolute atomic E-state index is 13.1. The van der Waals surface area contributed by atoms with Crippen molar-refractivity contribution in [1.29, 1.82) is 0 Å². The normalized spacial score (nSPS) is 11.6. The minimum Gasteiger partial charge on any atom is -0.726 e. The van der Waals surface area contributed by atoms with Gasteiger partial charge in [0.25, 0.3) is 0 Å². The van der Waals surface area contributed by atoms with Crippen LogP contribution in [0.1, 0.15) is 27.1 Å². The van der Waals surface area contributed by atoms with Crippen LogP contribution in [0.4, 0.5) is 13.2 Å². The molecule has 0 radical (unpaired) electrons.